The fourth-order valence-corrected chi connectivity index (χ4v) is 1.19. The molecule has 2 atom stereocenters. The molecule has 0 amide bonds. The van der Waals surface area contributed by atoms with E-state index in [0.717, 1.165) is 0 Å². The Morgan fingerprint density at radius 1 is 1.36 bits per heavy atom. The number of alkyl halides is 4. The molecule has 1 nitrogen and oxygen atoms in total. The summed E-state index contributed by atoms with van der Waals surface area (Å²) >= 11 is 0. The van der Waals surface area contributed by atoms with E-state index < -0.39 is 18.3 Å². The van der Waals surface area contributed by atoms with Crippen molar-refractivity contribution in [2.45, 2.75) is 18.8 Å². The van der Waals surface area contributed by atoms with Gasteiger partial charge in [0.15, 0.2) is 6.17 Å². The van der Waals surface area contributed by atoms with Crippen molar-refractivity contribution in [3.05, 3.63) is 0 Å². The van der Waals surface area contributed by atoms with Crippen LogP contribution in [0.5, 0.6) is 0 Å². The van der Waals surface area contributed by atoms with Gasteiger partial charge in [0.2, 0.25) is 0 Å². The van der Waals surface area contributed by atoms with Crippen molar-refractivity contribution in [3.63, 3.8) is 0 Å². The minimum absolute atomic E-state index is 0.140. The van der Waals surface area contributed by atoms with Gasteiger partial charge in [-0.1, -0.05) is 0 Å². The van der Waals surface area contributed by atoms with Crippen LogP contribution >= 0.6 is 0 Å². The maximum atomic E-state index is 12.4. The average molecular weight is 171 g/mol. The quantitative estimate of drug-likeness (QED) is 0.589. The molecule has 0 radical (unpaired) electrons. The van der Waals surface area contributed by atoms with Crippen molar-refractivity contribution >= 4 is 0 Å². The van der Waals surface area contributed by atoms with Crippen molar-refractivity contribution in [2.24, 2.45) is 5.92 Å². The minimum atomic E-state index is -4.68. The molecule has 1 heterocycles. The lowest BCUT2D eigenvalue weighted by atomic mass is 10.0. The number of hydrogen-bond acceptors (Lipinski definition) is 1. The van der Waals surface area contributed by atoms with Crippen LogP contribution in [0.1, 0.15) is 6.42 Å². The Labute approximate surface area is 61.8 Å². The van der Waals surface area contributed by atoms with Crippen LogP contribution < -0.4 is 5.32 Å². The molecule has 1 saturated heterocycles. The number of halogens is 4. The summed E-state index contributed by atoms with van der Waals surface area (Å²) in [6.07, 6.45) is -7.06. The van der Waals surface area contributed by atoms with Crippen LogP contribution in [0.25, 0.3) is 0 Å². The summed E-state index contributed by atoms with van der Waals surface area (Å²) in [5.41, 5.74) is 0. The minimum Gasteiger partial charge on any atom is -0.316 e. The first-order valence-corrected chi connectivity index (χ1v) is 3.43. The fraction of sp³-hybridized carbons (Fsp3) is 1.00. The van der Waals surface area contributed by atoms with Gasteiger partial charge in [0.1, 0.15) is 0 Å². The molecule has 2 unspecified atom stereocenters. The highest BCUT2D eigenvalue weighted by Crippen LogP contribution is 2.31. The van der Waals surface area contributed by atoms with Gasteiger partial charge in [-0.2, -0.15) is 13.2 Å². The van der Waals surface area contributed by atoms with Crippen molar-refractivity contribution in [1.82, 2.24) is 5.32 Å². The zero-order valence-electron chi connectivity index (χ0n) is 5.79. The van der Waals surface area contributed by atoms with E-state index in [-0.39, 0.29) is 13.0 Å². The summed E-state index contributed by atoms with van der Waals surface area (Å²) in [6.45, 7) is 0.627. The largest absolute Gasteiger partial charge is 0.419 e. The monoisotopic (exact) mass is 171 g/mol. The van der Waals surface area contributed by atoms with Crippen molar-refractivity contribution in [1.29, 1.82) is 0 Å². The van der Waals surface area contributed by atoms with Crippen LogP contribution in [-0.4, -0.2) is 25.4 Å². The van der Waals surface area contributed by atoms with Gasteiger partial charge >= 0.3 is 6.18 Å². The zero-order chi connectivity index (χ0) is 8.48. The van der Waals surface area contributed by atoms with E-state index in [2.05, 4.69) is 5.32 Å². The lowest BCUT2D eigenvalue weighted by Gasteiger charge is -2.17. The molecular formula is C6H9F4N. The van der Waals surface area contributed by atoms with E-state index >= 15 is 0 Å². The Bertz CT molecular complexity index is 127. The Morgan fingerprint density at radius 2 is 2.00 bits per heavy atom. The second kappa shape index (κ2) is 2.97. The van der Waals surface area contributed by atoms with Crippen molar-refractivity contribution < 1.29 is 17.6 Å². The molecule has 0 spiro atoms. The molecule has 5 heteroatoms. The van der Waals surface area contributed by atoms with E-state index in [9.17, 15) is 17.6 Å². The third-order valence-corrected chi connectivity index (χ3v) is 1.83. The smallest absolute Gasteiger partial charge is 0.316 e. The molecule has 11 heavy (non-hydrogen) atoms. The second-order valence-electron chi connectivity index (χ2n) is 2.70. The highest BCUT2D eigenvalue weighted by Gasteiger charge is 2.45. The number of nitrogens with one attached hydrogen (secondary N) is 1. The predicted octanol–water partition coefficient (Wildman–Crippen LogP) is 1.50. The Kier molecular flexibility index (Phi) is 2.37. The Balaban J connectivity index is 2.46. The second-order valence-corrected chi connectivity index (χ2v) is 2.70. The third kappa shape index (κ3) is 2.05. The van der Waals surface area contributed by atoms with Crippen LogP contribution in [-0.2, 0) is 0 Å². The van der Waals surface area contributed by atoms with Crippen LogP contribution in [0.15, 0.2) is 0 Å². The summed E-state index contributed by atoms with van der Waals surface area (Å²) in [7, 11) is 0. The van der Waals surface area contributed by atoms with E-state index in [4.69, 9.17) is 0 Å². The van der Waals surface area contributed by atoms with Gasteiger partial charge in [-0.05, 0) is 13.0 Å². The molecule has 1 aliphatic heterocycles. The summed E-state index contributed by atoms with van der Waals surface area (Å²) < 4.78 is 47.5. The van der Waals surface area contributed by atoms with Crippen LogP contribution in [0.2, 0.25) is 0 Å². The van der Waals surface area contributed by atoms with E-state index in [0.29, 0.717) is 6.54 Å². The fourth-order valence-electron chi connectivity index (χ4n) is 1.19. The third-order valence-electron chi connectivity index (χ3n) is 1.83. The first-order valence-electron chi connectivity index (χ1n) is 3.43. The van der Waals surface area contributed by atoms with E-state index in [1.807, 2.05) is 0 Å². The lowest BCUT2D eigenvalue weighted by molar-refractivity contribution is -0.192. The van der Waals surface area contributed by atoms with E-state index in [1.165, 1.54) is 0 Å². The number of rotatable bonds is 1. The van der Waals surface area contributed by atoms with Crippen LogP contribution in [0.4, 0.5) is 17.6 Å². The maximum absolute atomic E-state index is 12.4. The van der Waals surface area contributed by atoms with Gasteiger partial charge in [-0.15, -0.1) is 0 Å². The molecule has 0 bridgehead atoms. The molecule has 0 aromatic rings. The Morgan fingerprint density at radius 3 is 2.36 bits per heavy atom. The van der Waals surface area contributed by atoms with E-state index in [1.54, 1.807) is 0 Å². The Hall–Kier alpha value is -0.320. The van der Waals surface area contributed by atoms with Crippen molar-refractivity contribution in [2.75, 3.05) is 13.1 Å². The molecule has 0 aromatic heterocycles. The molecule has 0 aliphatic carbocycles. The summed E-state index contributed by atoms with van der Waals surface area (Å²) in [5, 5.41) is 2.69. The molecule has 1 aliphatic rings. The highest BCUT2D eigenvalue weighted by atomic mass is 19.4. The van der Waals surface area contributed by atoms with Gasteiger partial charge in [-0.25, -0.2) is 4.39 Å². The normalized spacial score (nSPS) is 28.9. The standard InChI is InChI=1S/C6H9F4N/c7-5(6(8,9)10)4-1-2-11-3-4/h4-5,11H,1-3H2. The van der Waals surface area contributed by atoms with Gasteiger partial charge in [0.25, 0.3) is 0 Å². The van der Waals surface area contributed by atoms with Crippen LogP contribution in [0.3, 0.4) is 0 Å². The van der Waals surface area contributed by atoms with Gasteiger partial charge in [0.05, 0.1) is 0 Å². The zero-order valence-corrected chi connectivity index (χ0v) is 5.79. The molecule has 0 saturated carbocycles. The summed E-state index contributed by atoms with van der Waals surface area (Å²) in [5.74, 6) is -0.880. The first-order chi connectivity index (χ1) is 5.02. The molecule has 1 rings (SSSR count). The molecule has 1 N–H and O–H groups in total. The van der Waals surface area contributed by atoms with Gasteiger partial charge < -0.3 is 5.32 Å². The molecule has 66 valence electrons. The van der Waals surface area contributed by atoms with Gasteiger partial charge in [-0.3, -0.25) is 0 Å². The summed E-state index contributed by atoms with van der Waals surface area (Å²) in [6, 6.07) is 0. The predicted molar refractivity (Wildman–Crippen MR) is 31.9 cm³/mol. The molecule has 0 aromatic carbocycles. The SMILES string of the molecule is FC(C1CCNC1)C(F)(F)F. The van der Waals surface area contributed by atoms with Gasteiger partial charge in [0, 0.05) is 12.5 Å². The van der Waals surface area contributed by atoms with Crippen molar-refractivity contribution in [3.8, 4) is 0 Å². The summed E-state index contributed by atoms with van der Waals surface area (Å²) in [4.78, 5) is 0. The first kappa shape index (κ1) is 8.77. The highest BCUT2D eigenvalue weighted by molar-refractivity contribution is 4.82. The average Bonchev–Trinajstić information content (AvgIpc) is 2.34. The number of hydrogen-bond donors (Lipinski definition) is 1. The van der Waals surface area contributed by atoms with Crippen LogP contribution in [0, 0.1) is 5.92 Å². The maximum Gasteiger partial charge on any atom is 0.419 e. The molecule has 1 fully saturated rings. The lowest BCUT2D eigenvalue weighted by Crippen LogP contribution is -2.33. The molecular weight excluding hydrogens is 162 g/mol. The topological polar surface area (TPSA) is 12.0 Å².